The number of nitrogens with zero attached hydrogens (tertiary/aromatic N) is 2. The van der Waals surface area contributed by atoms with Crippen molar-refractivity contribution < 1.29 is 41.4 Å². The van der Waals surface area contributed by atoms with Gasteiger partial charge in [0, 0.05) is 6.07 Å². The summed E-state index contributed by atoms with van der Waals surface area (Å²) in [5, 5.41) is 9.99. The number of rotatable bonds is 5. The SMILES string of the molecule is COC(=O)C1=C(C(=O)OC)N(c2cc(F)cc(C(F)(F)F)c2OC)C(N)=C(C#N)C1c1ccccc1. The van der Waals surface area contributed by atoms with Gasteiger partial charge in [-0.3, -0.25) is 4.90 Å². The molecule has 2 N–H and O–H groups in total. The van der Waals surface area contributed by atoms with Crippen LogP contribution in [0.3, 0.4) is 0 Å². The number of hydrogen-bond acceptors (Lipinski definition) is 8. The van der Waals surface area contributed by atoms with Gasteiger partial charge in [0.25, 0.3) is 0 Å². The maximum Gasteiger partial charge on any atom is 0.420 e. The van der Waals surface area contributed by atoms with Crippen molar-refractivity contribution in [3.8, 4) is 11.8 Å². The van der Waals surface area contributed by atoms with Gasteiger partial charge >= 0.3 is 18.1 Å². The summed E-state index contributed by atoms with van der Waals surface area (Å²) in [6.45, 7) is 0. The molecule has 8 nitrogen and oxygen atoms in total. The number of ether oxygens (including phenoxy) is 3. The Morgan fingerprint density at radius 3 is 2.17 bits per heavy atom. The van der Waals surface area contributed by atoms with Crippen LogP contribution in [-0.2, 0) is 25.2 Å². The maximum absolute atomic E-state index is 14.5. The van der Waals surface area contributed by atoms with Crippen LogP contribution in [0, 0.1) is 17.1 Å². The van der Waals surface area contributed by atoms with Gasteiger partial charge in [-0.25, -0.2) is 14.0 Å². The Kier molecular flexibility index (Phi) is 7.24. The number of esters is 2. The third kappa shape index (κ3) is 4.43. The van der Waals surface area contributed by atoms with Gasteiger partial charge in [0.15, 0.2) is 5.75 Å². The quantitative estimate of drug-likeness (QED) is 0.483. The molecular formula is C24H19F4N3O5. The molecule has 0 bridgehead atoms. The zero-order chi connectivity index (χ0) is 26.8. The van der Waals surface area contributed by atoms with Gasteiger partial charge in [0.1, 0.15) is 22.9 Å². The van der Waals surface area contributed by atoms with E-state index in [9.17, 15) is 32.4 Å². The summed E-state index contributed by atoms with van der Waals surface area (Å²) in [6.07, 6.45) is -5.07. The van der Waals surface area contributed by atoms with E-state index in [-0.39, 0.29) is 11.6 Å². The minimum absolute atomic E-state index is 0.201. The molecule has 3 rings (SSSR count). The second-order valence-electron chi connectivity index (χ2n) is 7.34. The number of hydrogen-bond donors (Lipinski definition) is 1. The van der Waals surface area contributed by atoms with Crippen LogP contribution in [0.5, 0.6) is 5.75 Å². The van der Waals surface area contributed by atoms with Crippen LogP contribution in [0.2, 0.25) is 0 Å². The minimum Gasteiger partial charge on any atom is -0.494 e. The first kappa shape index (κ1) is 26.1. The molecule has 0 amide bonds. The summed E-state index contributed by atoms with van der Waals surface area (Å²) >= 11 is 0. The average molecular weight is 505 g/mol. The number of allylic oxidation sites excluding steroid dienone is 1. The molecule has 0 aliphatic carbocycles. The molecule has 1 atom stereocenters. The van der Waals surface area contributed by atoms with E-state index in [2.05, 4.69) is 0 Å². The molecule has 1 aliphatic rings. The van der Waals surface area contributed by atoms with Crippen LogP contribution in [-0.4, -0.2) is 33.3 Å². The summed E-state index contributed by atoms with van der Waals surface area (Å²) in [4.78, 5) is 26.7. The summed E-state index contributed by atoms with van der Waals surface area (Å²) < 4.78 is 70.3. The van der Waals surface area contributed by atoms with Gasteiger partial charge in [-0.2, -0.15) is 18.4 Å². The van der Waals surface area contributed by atoms with E-state index in [0.717, 1.165) is 21.3 Å². The largest absolute Gasteiger partial charge is 0.494 e. The highest BCUT2D eigenvalue weighted by molar-refractivity contribution is 6.06. The number of methoxy groups -OCH3 is 3. The lowest BCUT2D eigenvalue weighted by Crippen LogP contribution is -2.41. The highest BCUT2D eigenvalue weighted by Crippen LogP contribution is 2.48. The molecule has 2 aromatic carbocycles. The molecule has 36 heavy (non-hydrogen) atoms. The Bertz CT molecular complexity index is 1310. The van der Waals surface area contributed by atoms with Gasteiger partial charge in [-0.05, 0) is 11.6 Å². The highest BCUT2D eigenvalue weighted by Gasteiger charge is 2.45. The molecule has 0 spiro atoms. The zero-order valence-electron chi connectivity index (χ0n) is 19.1. The lowest BCUT2D eigenvalue weighted by Gasteiger charge is -2.36. The number of carbonyl (C=O) groups excluding carboxylic acids is 2. The molecule has 12 heteroatoms. The van der Waals surface area contributed by atoms with Gasteiger partial charge in [0.2, 0.25) is 0 Å². The Labute approximate surface area is 202 Å². The van der Waals surface area contributed by atoms with Crippen molar-refractivity contribution in [3.05, 3.63) is 82.1 Å². The van der Waals surface area contributed by atoms with Crippen LogP contribution in [0.25, 0.3) is 0 Å². The average Bonchev–Trinajstić information content (AvgIpc) is 2.86. The minimum atomic E-state index is -5.07. The summed E-state index contributed by atoms with van der Waals surface area (Å²) in [5.41, 5.74) is 2.94. The fourth-order valence-corrected chi connectivity index (χ4v) is 3.93. The summed E-state index contributed by atoms with van der Waals surface area (Å²) in [5.74, 6) is -6.37. The van der Waals surface area contributed by atoms with Crippen molar-refractivity contribution in [3.63, 3.8) is 0 Å². The summed E-state index contributed by atoms with van der Waals surface area (Å²) in [6, 6.07) is 10.6. The third-order valence-electron chi connectivity index (χ3n) is 5.39. The van der Waals surface area contributed by atoms with E-state index in [4.69, 9.17) is 19.9 Å². The predicted octanol–water partition coefficient (Wildman–Crippen LogP) is 3.75. The molecule has 0 saturated carbocycles. The van der Waals surface area contributed by atoms with Gasteiger partial charge < -0.3 is 19.9 Å². The number of alkyl halides is 3. The fourth-order valence-electron chi connectivity index (χ4n) is 3.93. The van der Waals surface area contributed by atoms with Crippen LogP contribution < -0.4 is 15.4 Å². The molecule has 1 aliphatic heterocycles. The van der Waals surface area contributed by atoms with E-state index in [0.29, 0.717) is 16.5 Å². The van der Waals surface area contributed by atoms with Gasteiger partial charge in [-0.15, -0.1) is 0 Å². The first-order valence-electron chi connectivity index (χ1n) is 10.1. The van der Waals surface area contributed by atoms with Crippen molar-refractivity contribution in [2.75, 3.05) is 26.2 Å². The zero-order valence-corrected chi connectivity index (χ0v) is 19.1. The van der Waals surface area contributed by atoms with Crippen molar-refractivity contribution in [1.82, 2.24) is 0 Å². The lowest BCUT2D eigenvalue weighted by molar-refractivity contribution is -0.139. The molecule has 2 aromatic rings. The molecule has 1 heterocycles. The Hall–Kier alpha value is -4.53. The lowest BCUT2D eigenvalue weighted by atomic mass is 9.81. The maximum atomic E-state index is 14.5. The van der Waals surface area contributed by atoms with Gasteiger partial charge in [-0.1, -0.05) is 30.3 Å². The number of benzene rings is 2. The summed E-state index contributed by atoms with van der Waals surface area (Å²) in [7, 11) is 2.87. The number of halogens is 4. The predicted molar refractivity (Wildman–Crippen MR) is 118 cm³/mol. The second-order valence-corrected chi connectivity index (χ2v) is 7.34. The number of nitrogens with two attached hydrogens (primary N) is 1. The van der Waals surface area contributed by atoms with Gasteiger partial charge in [0.05, 0.1) is 50.2 Å². The van der Waals surface area contributed by atoms with Crippen molar-refractivity contribution in [2.45, 2.75) is 12.1 Å². The molecule has 0 saturated heterocycles. The van der Waals surface area contributed by atoms with Crippen molar-refractivity contribution in [2.24, 2.45) is 5.73 Å². The molecule has 1 unspecified atom stereocenters. The van der Waals surface area contributed by atoms with E-state index in [1.807, 2.05) is 6.07 Å². The first-order chi connectivity index (χ1) is 17.0. The van der Waals surface area contributed by atoms with Crippen LogP contribution in [0.1, 0.15) is 17.0 Å². The second kappa shape index (κ2) is 9.99. The Morgan fingerprint density at radius 2 is 1.67 bits per heavy atom. The van der Waals surface area contributed by atoms with Crippen LogP contribution in [0.4, 0.5) is 23.2 Å². The van der Waals surface area contributed by atoms with E-state index in [1.54, 1.807) is 30.3 Å². The normalized spacial score (nSPS) is 15.9. The molecule has 0 aromatic heterocycles. The molecular weight excluding hydrogens is 486 g/mol. The van der Waals surface area contributed by atoms with E-state index < -0.39 is 63.9 Å². The van der Waals surface area contributed by atoms with Crippen molar-refractivity contribution >= 4 is 17.6 Å². The first-order valence-corrected chi connectivity index (χ1v) is 10.1. The standard InChI is InChI=1S/C24H19F4N3O5/c1-34-20-15(24(26,27)28)9-13(25)10-16(20)31-19(23(33)36-3)18(22(32)35-2)17(14(11-29)21(31)30)12-7-5-4-6-8-12/h4-10,17H,30H2,1-3H3. The Balaban J connectivity index is 2.52. The molecule has 0 fully saturated rings. The molecule has 188 valence electrons. The smallest absolute Gasteiger partial charge is 0.420 e. The van der Waals surface area contributed by atoms with Crippen LogP contribution in [0.15, 0.2) is 65.1 Å². The Morgan fingerprint density at radius 1 is 1.06 bits per heavy atom. The van der Waals surface area contributed by atoms with Crippen LogP contribution >= 0.6 is 0 Å². The van der Waals surface area contributed by atoms with Crippen molar-refractivity contribution in [1.29, 1.82) is 5.26 Å². The molecule has 0 radical (unpaired) electrons. The highest BCUT2D eigenvalue weighted by atomic mass is 19.4. The fraction of sp³-hybridized carbons (Fsp3) is 0.208. The number of nitriles is 1. The van der Waals surface area contributed by atoms with E-state index >= 15 is 0 Å². The van der Waals surface area contributed by atoms with E-state index in [1.165, 1.54) is 0 Å². The number of carbonyl (C=O) groups is 2. The number of anilines is 1. The monoisotopic (exact) mass is 505 g/mol. The topological polar surface area (TPSA) is 115 Å². The third-order valence-corrected chi connectivity index (χ3v) is 5.39.